The molecule has 0 aliphatic rings. The van der Waals surface area contributed by atoms with Crippen molar-refractivity contribution in [2.24, 2.45) is 0 Å². The standard InChI is InChI=1S/C7H9FO2S2/c1-6-2-3-7(11-6)4-5-12(8,9)10/h2-3H,4-5H2,1H3. The Bertz CT molecular complexity index is 353. The minimum Gasteiger partial charge on any atom is -0.195 e. The third-order valence-electron chi connectivity index (χ3n) is 1.39. The number of thiophene rings is 1. The first-order valence-electron chi connectivity index (χ1n) is 3.45. The van der Waals surface area contributed by atoms with Gasteiger partial charge < -0.3 is 0 Å². The number of hydrogen-bond donors (Lipinski definition) is 0. The van der Waals surface area contributed by atoms with Crippen molar-refractivity contribution in [3.63, 3.8) is 0 Å². The molecule has 0 N–H and O–H groups in total. The normalized spacial score (nSPS) is 11.8. The summed E-state index contributed by atoms with van der Waals surface area (Å²) in [6.07, 6.45) is 0.275. The number of aryl methyl sites for hydroxylation is 2. The van der Waals surface area contributed by atoms with E-state index in [1.807, 2.05) is 19.1 Å². The average Bonchev–Trinajstić information content (AvgIpc) is 2.30. The Morgan fingerprint density at radius 3 is 2.58 bits per heavy atom. The molecule has 0 unspecified atom stereocenters. The first-order valence-corrected chi connectivity index (χ1v) is 5.82. The Morgan fingerprint density at radius 1 is 1.50 bits per heavy atom. The van der Waals surface area contributed by atoms with E-state index >= 15 is 0 Å². The largest absolute Gasteiger partial charge is 0.302 e. The van der Waals surface area contributed by atoms with Gasteiger partial charge in [-0.15, -0.1) is 15.2 Å². The van der Waals surface area contributed by atoms with Gasteiger partial charge in [0.25, 0.3) is 0 Å². The molecule has 0 radical (unpaired) electrons. The van der Waals surface area contributed by atoms with Crippen molar-refractivity contribution < 1.29 is 12.3 Å². The molecule has 12 heavy (non-hydrogen) atoms. The van der Waals surface area contributed by atoms with Crippen LogP contribution < -0.4 is 0 Å². The minimum absolute atomic E-state index is 0.275. The fourth-order valence-corrected chi connectivity index (χ4v) is 2.32. The van der Waals surface area contributed by atoms with E-state index in [-0.39, 0.29) is 6.42 Å². The molecule has 0 spiro atoms. The number of rotatable bonds is 3. The minimum atomic E-state index is -4.31. The zero-order chi connectivity index (χ0) is 9.19. The maximum absolute atomic E-state index is 12.1. The van der Waals surface area contributed by atoms with E-state index in [1.54, 1.807) is 0 Å². The van der Waals surface area contributed by atoms with Gasteiger partial charge in [-0.3, -0.25) is 0 Å². The Labute approximate surface area is 75.3 Å². The van der Waals surface area contributed by atoms with Crippen LogP contribution >= 0.6 is 11.3 Å². The van der Waals surface area contributed by atoms with Crippen molar-refractivity contribution in [2.45, 2.75) is 13.3 Å². The lowest BCUT2D eigenvalue weighted by Crippen LogP contribution is -2.00. The highest BCUT2D eigenvalue weighted by atomic mass is 32.3. The Kier molecular flexibility index (Phi) is 2.85. The molecule has 0 aromatic carbocycles. The summed E-state index contributed by atoms with van der Waals surface area (Å²) in [5.41, 5.74) is 0. The smallest absolute Gasteiger partial charge is 0.195 e. The summed E-state index contributed by atoms with van der Waals surface area (Å²) in [4.78, 5) is 2.02. The SMILES string of the molecule is Cc1ccc(CCS(=O)(=O)F)s1. The maximum Gasteiger partial charge on any atom is 0.302 e. The third-order valence-corrected chi connectivity index (χ3v) is 3.14. The molecule has 0 fully saturated rings. The number of halogens is 1. The molecule has 5 heteroatoms. The van der Waals surface area contributed by atoms with E-state index in [2.05, 4.69) is 0 Å². The molecular weight excluding hydrogens is 199 g/mol. The van der Waals surface area contributed by atoms with Crippen molar-refractivity contribution in [3.05, 3.63) is 21.9 Å². The van der Waals surface area contributed by atoms with Gasteiger partial charge in [0.15, 0.2) is 0 Å². The first-order chi connectivity index (χ1) is 5.47. The summed E-state index contributed by atoms with van der Waals surface area (Å²) in [6, 6.07) is 3.72. The maximum atomic E-state index is 12.1. The lowest BCUT2D eigenvalue weighted by molar-refractivity contribution is 0.551. The predicted octanol–water partition coefficient (Wildman–Crippen LogP) is 1.90. The van der Waals surface area contributed by atoms with Crippen LogP contribution in [0.15, 0.2) is 12.1 Å². The Hall–Kier alpha value is -0.420. The molecule has 1 aromatic heterocycles. The van der Waals surface area contributed by atoms with Crippen molar-refractivity contribution in [2.75, 3.05) is 5.75 Å². The molecule has 0 saturated heterocycles. The summed E-state index contributed by atoms with van der Waals surface area (Å²) in [5, 5.41) is 0. The van der Waals surface area contributed by atoms with Crippen molar-refractivity contribution >= 4 is 21.6 Å². The molecule has 0 atom stereocenters. The second-order valence-corrected chi connectivity index (χ2v) is 5.36. The van der Waals surface area contributed by atoms with Crippen LogP contribution in [0.3, 0.4) is 0 Å². The monoisotopic (exact) mass is 208 g/mol. The zero-order valence-electron chi connectivity index (χ0n) is 6.58. The summed E-state index contributed by atoms with van der Waals surface area (Å²) in [7, 11) is -4.31. The van der Waals surface area contributed by atoms with Gasteiger partial charge in [-0.2, -0.15) is 8.42 Å². The van der Waals surface area contributed by atoms with E-state index in [4.69, 9.17) is 0 Å². The fourth-order valence-electron chi connectivity index (χ4n) is 0.842. The van der Waals surface area contributed by atoms with Crippen LogP contribution in [-0.4, -0.2) is 14.2 Å². The van der Waals surface area contributed by atoms with Crippen LogP contribution in [0.25, 0.3) is 0 Å². The van der Waals surface area contributed by atoms with Gasteiger partial charge in [0.05, 0.1) is 5.75 Å². The van der Waals surface area contributed by atoms with E-state index < -0.39 is 16.0 Å². The van der Waals surface area contributed by atoms with E-state index in [9.17, 15) is 12.3 Å². The Balaban J connectivity index is 2.55. The summed E-state index contributed by atoms with van der Waals surface area (Å²) in [5.74, 6) is -0.410. The Morgan fingerprint density at radius 2 is 2.17 bits per heavy atom. The molecule has 0 saturated carbocycles. The van der Waals surface area contributed by atoms with Crippen LogP contribution in [0.1, 0.15) is 9.75 Å². The average molecular weight is 208 g/mol. The topological polar surface area (TPSA) is 34.1 Å². The van der Waals surface area contributed by atoms with Gasteiger partial charge >= 0.3 is 10.2 Å². The van der Waals surface area contributed by atoms with Gasteiger partial charge in [-0.25, -0.2) is 0 Å². The second kappa shape index (κ2) is 3.53. The van der Waals surface area contributed by atoms with Crippen LogP contribution in [-0.2, 0) is 16.6 Å². The zero-order valence-corrected chi connectivity index (χ0v) is 8.21. The van der Waals surface area contributed by atoms with Gasteiger partial charge in [-0.05, 0) is 25.5 Å². The van der Waals surface area contributed by atoms with Gasteiger partial charge in [-0.1, -0.05) is 0 Å². The molecular formula is C7H9FO2S2. The highest BCUT2D eigenvalue weighted by Gasteiger charge is 2.07. The molecule has 1 aromatic rings. The highest BCUT2D eigenvalue weighted by Crippen LogP contribution is 2.16. The van der Waals surface area contributed by atoms with Crippen LogP contribution in [0.4, 0.5) is 3.89 Å². The highest BCUT2D eigenvalue weighted by molar-refractivity contribution is 7.86. The quantitative estimate of drug-likeness (QED) is 0.711. The van der Waals surface area contributed by atoms with Gasteiger partial charge in [0, 0.05) is 9.75 Å². The van der Waals surface area contributed by atoms with Crippen LogP contribution in [0.5, 0.6) is 0 Å². The van der Waals surface area contributed by atoms with Crippen LogP contribution in [0.2, 0.25) is 0 Å². The summed E-state index contributed by atoms with van der Waals surface area (Å²) in [6.45, 7) is 1.93. The molecule has 0 bridgehead atoms. The fraction of sp³-hybridized carbons (Fsp3) is 0.429. The number of hydrogen-bond acceptors (Lipinski definition) is 3. The summed E-state index contributed by atoms with van der Waals surface area (Å²) >= 11 is 1.50. The molecule has 0 aliphatic heterocycles. The van der Waals surface area contributed by atoms with E-state index in [1.165, 1.54) is 11.3 Å². The third kappa shape index (κ3) is 3.32. The molecule has 1 heterocycles. The van der Waals surface area contributed by atoms with E-state index in [0.29, 0.717) is 0 Å². The van der Waals surface area contributed by atoms with E-state index in [0.717, 1.165) is 9.75 Å². The lowest BCUT2D eigenvalue weighted by Gasteiger charge is -1.91. The molecule has 0 aliphatic carbocycles. The summed E-state index contributed by atoms with van der Waals surface area (Å²) < 4.78 is 32.4. The van der Waals surface area contributed by atoms with Crippen molar-refractivity contribution in [3.8, 4) is 0 Å². The molecule has 0 amide bonds. The predicted molar refractivity (Wildman–Crippen MR) is 47.7 cm³/mol. The van der Waals surface area contributed by atoms with Gasteiger partial charge in [0.2, 0.25) is 0 Å². The van der Waals surface area contributed by atoms with Crippen molar-refractivity contribution in [1.29, 1.82) is 0 Å². The van der Waals surface area contributed by atoms with Crippen LogP contribution in [0, 0.1) is 6.92 Å². The molecule has 1 rings (SSSR count). The van der Waals surface area contributed by atoms with Gasteiger partial charge in [0.1, 0.15) is 0 Å². The van der Waals surface area contributed by atoms with Crippen molar-refractivity contribution in [1.82, 2.24) is 0 Å². The first kappa shape index (κ1) is 9.67. The second-order valence-electron chi connectivity index (χ2n) is 2.51. The molecule has 2 nitrogen and oxygen atoms in total. The lowest BCUT2D eigenvalue weighted by atomic mass is 10.4. The molecule has 68 valence electrons.